The van der Waals surface area contributed by atoms with Gasteiger partial charge >= 0.3 is 0 Å². The molecule has 1 rings (SSSR count). The maximum absolute atomic E-state index is 12.1. The largest absolute Gasteiger partial charge is 0.293 e. The summed E-state index contributed by atoms with van der Waals surface area (Å²) in [4.78, 5) is 12.9. The summed E-state index contributed by atoms with van der Waals surface area (Å²) in [6.07, 6.45) is 6.51. The number of hydrogen-bond donors (Lipinski definition) is 0. The van der Waals surface area contributed by atoms with Gasteiger partial charge in [0.25, 0.3) is 0 Å². The molecule has 0 unspecified atom stereocenters. The number of carbonyl (C=O) groups excluding carboxylic acids is 1. The Morgan fingerprint density at radius 3 is 2.44 bits per heavy atom. The number of hydrogen-bond acceptors (Lipinski definition) is 4. The highest BCUT2D eigenvalue weighted by atomic mass is 32.1. The fourth-order valence-corrected chi connectivity index (χ4v) is 2.71. The summed E-state index contributed by atoms with van der Waals surface area (Å²) in [5.41, 5.74) is 0.756. The summed E-state index contributed by atoms with van der Waals surface area (Å²) in [5, 5.41) is 4.11. The Morgan fingerprint density at radius 2 is 1.83 bits per heavy atom. The molecular formula is C14H24N2OS. The van der Waals surface area contributed by atoms with Crippen LogP contribution < -0.4 is 0 Å². The van der Waals surface area contributed by atoms with Crippen LogP contribution in [0.1, 0.15) is 81.6 Å². The van der Waals surface area contributed by atoms with Crippen LogP contribution in [0.3, 0.4) is 0 Å². The lowest BCUT2D eigenvalue weighted by Gasteiger charge is -2.15. The molecular weight excluding hydrogens is 244 g/mol. The van der Waals surface area contributed by atoms with E-state index in [1.165, 1.54) is 30.8 Å². The maximum Gasteiger partial charge on any atom is 0.176 e. The molecule has 0 aliphatic rings. The van der Waals surface area contributed by atoms with E-state index < -0.39 is 0 Å². The van der Waals surface area contributed by atoms with Crippen LogP contribution in [0.5, 0.6) is 0 Å². The van der Waals surface area contributed by atoms with Gasteiger partial charge in [-0.1, -0.05) is 57.9 Å². The standard InChI is InChI=1S/C14H24N2OS/c1-5-6-7-8-9-10-11(17)12-13(14(2,3)4)15-16-18-12/h5-10H2,1-4H3. The Kier molecular flexibility index (Phi) is 5.93. The van der Waals surface area contributed by atoms with Gasteiger partial charge in [-0.05, 0) is 18.0 Å². The average molecular weight is 268 g/mol. The van der Waals surface area contributed by atoms with E-state index in [1.54, 1.807) is 0 Å². The van der Waals surface area contributed by atoms with E-state index in [9.17, 15) is 4.79 Å². The van der Waals surface area contributed by atoms with Crippen LogP contribution in [0.15, 0.2) is 0 Å². The second-order valence-corrected chi connectivity index (χ2v) is 6.54. The smallest absolute Gasteiger partial charge is 0.176 e. The lowest BCUT2D eigenvalue weighted by atomic mass is 9.90. The molecule has 1 aromatic heterocycles. The molecule has 0 bridgehead atoms. The topological polar surface area (TPSA) is 42.9 Å². The first-order chi connectivity index (χ1) is 8.46. The van der Waals surface area contributed by atoms with Crippen molar-refractivity contribution < 1.29 is 4.79 Å². The van der Waals surface area contributed by atoms with E-state index in [0.717, 1.165) is 23.4 Å². The zero-order valence-corrected chi connectivity index (χ0v) is 12.8. The van der Waals surface area contributed by atoms with Crippen molar-refractivity contribution in [3.8, 4) is 0 Å². The van der Waals surface area contributed by atoms with Crippen LogP contribution in [0.25, 0.3) is 0 Å². The van der Waals surface area contributed by atoms with E-state index in [4.69, 9.17) is 0 Å². The van der Waals surface area contributed by atoms with Crippen LogP contribution >= 0.6 is 11.5 Å². The normalized spacial score (nSPS) is 11.8. The van der Waals surface area contributed by atoms with Crippen molar-refractivity contribution in [1.29, 1.82) is 0 Å². The van der Waals surface area contributed by atoms with E-state index in [2.05, 4.69) is 37.3 Å². The zero-order valence-electron chi connectivity index (χ0n) is 12.0. The third-order valence-corrected chi connectivity index (χ3v) is 3.73. The highest BCUT2D eigenvalue weighted by Crippen LogP contribution is 2.27. The number of nitrogens with zero attached hydrogens (tertiary/aromatic N) is 2. The summed E-state index contributed by atoms with van der Waals surface area (Å²) >= 11 is 1.24. The molecule has 1 heterocycles. The first-order valence-electron chi connectivity index (χ1n) is 6.83. The third-order valence-electron chi connectivity index (χ3n) is 2.96. The Balaban J connectivity index is 2.50. The quantitative estimate of drug-likeness (QED) is 0.544. The molecule has 18 heavy (non-hydrogen) atoms. The molecule has 0 fully saturated rings. The molecule has 0 saturated heterocycles. The molecule has 102 valence electrons. The molecule has 4 heteroatoms. The predicted octanol–water partition coefficient (Wildman–Crippen LogP) is 4.38. The van der Waals surface area contributed by atoms with Crippen LogP contribution in [0, 0.1) is 0 Å². The van der Waals surface area contributed by atoms with Crippen LogP contribution in [0.2, 0.25) is 0 Å². The second-order valence-electron chi connectivity index (χ2n) is 5.79. The van der Waals surface area contributed by atoms with E-state index >= 15 is 0 Å². The summed E-state index contributed by atoms with van der Waals surface area (Å²) in [5.74, 6) is 0.214. The Labute approximate surface area is 114 Å². The van der Waals surface area contributed by atoms with Crippen molar-refractivity contribution in [3.63, 3.8) is 0 Å². The van der Waals surface area contributed by atoms with E-state index in [1.807, 2.05) is 0 Å². The number of ketones is 1. The SMILES string of the molecule is CCCCCCCC(=O)c1snnc1C(C)(C)C. The molecule has 3 nitrogen and oxygen atoms in total. The van der Waals surface area contributed by atoms with Crippen molar-refractivity contribution in [1.82, 2.24) is 9.59 Å². The van der Waals surface area contributed by atoms with Crippen LogP contribution in [0.4, 0.5) is 0 Å². The van der Waals surface area contributed by atoms with Crippen molar-refractivity contribution in [2.45, 2.75) is 71.6 Å². The lowest BCUT2D eigenvalue weighted by Crippen LogP contribution is -2.16. The number of Topliss-reactive ketones (excluding diaryl/α,β-unsaturated/α-hetero) is 1. The minimum Gasteiger partial charge on any atom is -0.293 e. The van der Waals surface area contributed by atoms with Gasteiger partial charge in [-0.25, -0.2) is 0 Å². The van der Waals surface area contributed by atoms with E-state index in [-0.39, 0.29) is 11.2 Å². The minimum absolute atomic E-state index is 0.0970. The van der Waals surface area contributed by atoms with Crippen molar-refractivity contribution >= 4 is 17.3 Å². The zero-order chi connectivity index (χ0) is 13.6. The Hall–Kier alpha value is -0.770. The van der Waals surface area contributed by atoms with Gasteiger partial charge in [-0.15, -0.1) is 5.10 Å². The van der Waals surface area contributed by atoms with Gasteiger partial charge in [0.05, 0.1) is 5.69 Å². The van der Waals surface area contributed by atoms with Gasteiger partial charge < -0.3 is 0 Å². The monoisotopic (exact) mass is 268 g/mol. The number of unbranched alkanes of at least 4 members (excludes halogenated alkanes) is 4. The molecule has 0 amide bonds. The fourth-order valence-electron chi connectivity index (χ4n) is 1.87. The molecule has 0 spiro atoms. The molecule has 0 radical (unpaired) electrons. The van der Waals surface area contributed by atoms with Gasteiger partial charge in [-0.2, -0.15) is 0 Å². The third kappa shape index (κ3) is 4.48. The number of carbonyl (C=O) groups is 1. The summed E-state index contributed by atoms with van der Waals surface area (Å²) < 4.78 is 3.94. The minimum atomic E-state index is -0.0970. The van der Waals surface area contributed by atoms with E-state index in [0.29, 0.717) is 6.42 Å². The molecule has 0 aliphatic heterocycles. The van der Waals surface area contributed by atoms with Crippen molar-refractivity contribution in [3.05, 3.63) is 10.6 Å². The summed E-state index contributed by atoms with van der Waals surface area (Å²) in [7, 11) is 0. The van der Waals surface area contributed by atoms with Crippen LogP contribution in [-0.4, -0.2) is 15.4 Å². The second kappa shape index (κ2) is 6.98. The molecule has 0 saturated carbocycles. The Bertz CT molecular complexity index is 379. The predicted molar refractivity (Wildman–Crippen MR) is 76.3 cm³/mol. The average Bonchev–Trinajstić information content (AvgIpc) is 2.77. The summed E-state index contributed by atoms with van der Waals surface area (Å²) in [6.45, 7) is 8.41. The van der Waals surface area contributed by atoms with Gasteiger partial charge in [0.1, 0.15) is 4.88 Å². The first kappa shape index (κ1) is 15.3. The summed E-state index contributed by atoms with van der Waals surface area (Å²) in [6, 6.07) is 0. The van der Waals surface area contributed by atoms with Crippen molar-refractivity contribution in [2.75, 3.05) is 0 Å². The molecule has 1 aromatic rings. The fraction of sp³-hybridized carbons (Fsp3) is 0.786. The molecule has 0 atom stereocenters. The molecule has 0 N–H and O–H groups in total. The Morgan fingerprint density at radius 1 is 1.17 bits per heavy atom. The first-order valence-corrected chi connectivity index (χ1v) is 7.60. The van der Waals surface area contributed by atoms with Gasteiger partial charge in [0.15, 0.2) is 5.78 Å². The maximum atomic E-state index is 12.1. The van der Waals surface area contributed by atoms with Gasteiger partial charge in [-0.3, -0.25) is 4.79 Å². The highest BCUT2D eigenvalue weighted by molar-refractivity contribution is 7.08. The van der Waals surface area contributed by atoms with Gasteiger partial charge in [0, 0.05) is 11.8 Å². The number of aromatic nitrogens is 2. The lowest BCUT2D eigenvalue weighted by molar-refractivity contribution is 0.0980. The molecule has 0 aromatic carbocycles. The number of rotatable bonds is 7. The highest BCUT2D eigenvalue weighted by Gasteiger charge is 2.25. The van der Waals surface area contributed by atoms with Crippen LogP contribution in [-0.2, 0) is 5.41 Å². The van der Waals surface area contributed by atoms with Gasteiger partial charge in [0.2, 0.25) is 0 Å². The molecule has 0 aliphatic carbocycles. The van der Waals surface area contributed by atoms with Crippen molar-refractivity contribution in [2.24, 2.45) is 0 Å².